The fourth-order valence-corrected chi connectivity index (χ4v) is 3.33. The number of nitrogens with zero attached hydrogens (tertiary/aromatic N) is 2. The average molecular weight is 444 g/mol. The Morgan fingerprint density at radius 1 is 1.12 bits per heavy atom. The molecule has 0 fully saturated rings. The molecule has 9 heteroatoms. The first-order valence-corrected chi connectivity index (χ1v) is 10.0. The molecule has 4 rings (SSSR count). The molecule has 0 saturated heterocycles. The normalized spacial score (nSPS) is 10.9. The molecular formula is C24H20N4O5. The highest BCUT2D eigenvalue weighted by Crippen LogP contribution is 2.34. The first-order valence-electron chi connectivity index (χ1n) is 10.0. The number of hydrogen-bond donors (Lipinski definition) is 2. The lowest BCUT2D eigenvalue weighted by Gasteiger charge is -2.08. The molecule has 2 N–H and O–H groups in total. The zero-order valence-electron chi connectivity index (χ0n) is 17.6. The van der Waals surface area contributed by atoms with Crippen molar-refractivity contribution in [2.24, 2.45) is 5.10 Å². The van der Waals surface area contributed by atoms with Crippen LogP contribution in [-0.4, -0.2) is 30.7 Å². The Morgan fingerprint density at radius 2 is 1.94 bits per heavy atom. The third-order valence-corrected chi connectivity index (χ3v) is 4.90. The molecule has 0 radical (unpaired) electrons. The Kier molecular flexibility index (Phi) is 6.31. The number of benzene rings is 3. The van der Waals surface area contributed by atoms with Gasteiger partial charge in [0.25, 0.3) is 11.6 Å². The van der Waals surface area contributed by atoms with Crippen LogP contribution >= 0.6 is 0 Å². The van der Waals surface area contributed by atoms with Crippen molar-refractivity contribution in [2.75, 3.05) is 19.0 Å². The second kappa shape index (κ2) is 9.65. The number of amides is 1. The van der Waals surface area contributed by atoms with Crippen molar-refractivity contribution in [1.29, 1.82) is 0 Å². The summed E-state index contributed by atoms with van der Waals surface area (Å²) in [6, 6.07) is 21.4. The lowest BCUT2D eigenvalue weighted by molar-refractivity contribution is -0.384. The van der Waals surface area contributed by atoms with Gasteiger partial charge in [-0.25, -0.2) is 5.43 Å². The van der Waals surface area contributed by atoms with Crippen molar-refractivity contribution in [1.82, 2.24) is 5.43 Å². The maximum absolute atomic E-state index is 12.2. The quantitative estimate of drug-likeness (QED) is 0.233. The number of anilines is 1. The fourth-order valence-electron chi connectivity index (χ4n) is 3.33. The van der Waals surface area contributed by atoms with Crippen LogP contribution in [0.5, 0.6) is 5.75 Å². The number of furan rings is 1. The molecular weight excluding hydrogens is 424 g/mol. The Hall–Kier alpha value is -4.66. The highest BCUT2D eigenvalue weighted by atomic mass is 16.6. The summed E-state index contributed by atoms with van der Waals surface area (Å²) in [7, 11) is 1.43. The minimum atomic E-state index is -0.496. The Morgan fingerprint density at radius 3 is 2.76 bits per heavy atom. The van der Waals surface area contributed by atoms with Crippen LogP contribution in [0, 0.1) is 10.1 Å². The number of non-ortho nitro benzene ring substituents is 1. The number of carbonyl (C=O) groups is 1. The highest BCUT2D eigenvalue weighted by molar-refractivity contribution is 5.95. The number of ether oxygens (including phenoxy) is 1. The van der Waals surface area contributed by atoms with Crippen LogP contribution < -0.4 is 15.5 Å². The van der Waals surface area contributed by atoms with Gasteiger partial charge in [0.2, 0.25) is 0 Å². The van der Waals surface area contributed by atoms with Crippen LogP contribution in [0.1, 0.15) is 5.76 Å². The van der Waals surface area contributed by atoms with E-state index in [-0.39, 0.29) is 18.1 Å². The van der Waals surface area contributed by atoms with Gasteiger partial charge in [0.05, 0.1) is 36.4 Å². The van der Waals surface area contributed by atoms with Gasteiger partial charge < -0.3 is 14.5 Å². The molecule has 1 amide bonds. The van der Waals surface area contributed by atoms with E-state index in [0.717, 1.165) is 16.5 Å². The van der Waals surface area contributed by atoms with Crippen LogP contribution in [0.15, 0.2) is 82.3 Å². The van der Waals surface area contributed by atoms with E-state index in [9.17, 15) is 14.9 Å². The Bertz CT molecular complexity index is 1340. The van der Waals surface area contributed by atoms with E-state index >= 15 is 0 Å². The lowest BCUT2D eigenvalue weighted by atomic mass is 10.1. The summed E-state index contributed by atoms with van der Waals surface area (Å²) in [5.74, 6) is 0.845. The number of fused-ring (bicyclic) bond motifs is 1. The molecule has 0 saturated carbocycles. The van der Waals surface area contributed by atoms with Gasteiger partial charge in [-0.1, -0.05) is 36.4 Å². The predicted molar refractivity (Wildman–Crippen MR) is 126 cm³/mol. The van der Waals surface area contributed by atoms with Crippen molar-refractivity contribution in [2.45, 2.75) is 0 Å². The van der Waals surface area contributed by atoms with E-state index in [1.54, 1.807) is 18.2 Å². The van der Waals surface area contributed by atoms with Gasteiger partial charge in [-0.05, 0) is 29.7 Å². The number of methoxy groups -OCH3 is 1. The Balaban J connectivity index is 1.37. The highest BCUT2D eigenvalue weighted by Gasteiger charge is 2.15. The van der Waals surface area contributed by atoms with E-state index in [1.807, 2.05) is 42.5 Å². The van der Waals surface area contributed by atoms with E-state index in [2.05, 4.69) is 15.8 Å². The van der Waals surface area contributed by atoms with Crippen molar-refractivity contribution in [3.8, 4) is 17.1 Å². The zero-order chi connectivity index (χ0) is 23.2. The molecule has 1 heterocycles. The van der Waals surface area contributed by atoms with Crippen LogP contribution in [0.2, 0.25) is 0 Å². The second-order valence-electron chi connectivity index (χ2n) is 7.02. The summed E-state index contributed by atoms with van der Waals surface area (Å²) in [6.07, 6.45) is 1.37. The number of hydrogen-bond acceptors (Lipinski definition) is 7. The van der Waals surface area contributed by atoms with Gasteiger partial charge in [0.15, 0.2) is 0 Å². The second-order valence-corrected chi connectivity index (χ2v) is 7.02. The number of carbonyl (C=O) groups excluding carboxylic acids is 1. The van der Waals surface area contributed by atoms with Gasteiger partial charge in [-0.15, -0.1) is 0 Å². The maximum Gasteiger partial charge on any atom is 0.273 e. The molecule has 0 atom stereocenters. The maximum atomic E-state index is 12.2. The molecule has 33 heavy (non-hydrogen) atoms. The van der Waals surface area contributed by atoms with Gasteiger partial charge in [-0.2, -0.15) is 5.10 Å². The third-order valence-electron chi connectivity index (χ3n) is 4.90. The molecule has 0 unspecified atom stereocenters. The SMILES string of the molecule is COc1cc([N+](=O)[O-])ccc1-c1ccc(/C=N\NC(=O)CNc2cccc3ccccc23)o1. The topological polar surface area (TPSA) is 119 Å². The number of nitro benzene ring substituents is 1. The monoisotopic (exact) mass is 444 g/mol. The smallest absolute Gasteiger partial charge is 0.273 e. The molecule has 0 spiro atoms. The molecule has 9 nitrogen and oxygen atoms in total. The fraction of sp³-hybridized carbons (Fsp3) is 0.0833. The van der Waals surface area contributed by atoms with Crippen molar-refractivity contribution >= 4 is 34.3 Å². The lowest BCUT2D eigenvalue weighted by Crippen LogP contribution is -2.25. The van der Waals surface area contributed by atoms with Crippen LogP contribution in [0.4, 0.5) is 11.4 Å². The van der Waals surface area contributed by atoms with E-state index < -0.39 is 4.92 Å². The molecule has 166 valence electrons. The zero-order valence-corrected chi connectivity index (χ0v) is 17.6. The summed E-state index contributed by atoms with van der Waals surface area (Å²) in [6.45, 7) is 0.0503. The van der Waals surface area contributed by atoms with Gasteiger partial charge in [0.1, 0.15) is 17.3 Å². The summed E-state index contributed by atoms with van der Waals surface area (Å²) in [4.78, 5) is 22.6. The van der Waals surface area contributed by atoms with Crippen molar-refractivity contribution < 1.29 is 18.9 Å². The molecule has 0 bridgehead atoms. The number of hydrazone groups is 1. The molecule has 1 aromatic heterocycles. The number of nitro groups is 1. The number of rotatable bonds is 8. The molecule has 0 aliphatic carbocycles. The summed E-state index contributed by atoms with van der Waals surface area (Å²) >= 11 is 0. The van der Waals surface area contributed by atoms with E-state index in [0.29, 0.717) is 22.8 Å². The van der Waals surface area contributed by atoms with Crippen LogP contribution in [0.3, 0.4) is 0 Å². The molecule has 4 aromatic rings. The van der Waals surface area contributed by atoms with Gasteiger partial charge in [0, 0.05) is 17.1 Å². The minimum Gasteiger partial charge on any atom is -0.496 e. The predicted octanol–water partition coefficient (Wildman–Crippen LogP) is 4.58. The summed E-state index contributed by atoms with van der Waals surface area (Å²) < 4.78 is 10.9. The average Bonchev–Trinajstić information content (AvgIpc) is 3.31. The standard InChI is InChI=1S/C24H20N4O5/c1-32-23-13-17(28(30)31)9-11-20(23)22-12-10-18(33-22)14-26-27-24(29)15-25-21-8-4-6-16-5-2-3-7-19(16)21/h2-14,25H,15H2,1H3,(H,27,29)/b26-14-. The molecule has 3 aromatic carbocycles. The van der Waals surface area contributed by atoms with Gasteiger partial charge >= 0.3 is 0 Å². The largest absolute Gasteiger partial charge is 0.496 e. The van der Waals surface area contributed by atoms with E-state index in [1.165, 1.54) is 25.5 Å². The first kappa shape index (κ1) is 21.6. The summed E-state index contributed by atoms with van der Waals surface area (Å²) in [5.41, 5.74) is 3.79. The minimum absolute atomic E-state index is 0.0503. The molecule has 0 aliphatic rings. The molecule has 0 aliphatic heterocycles. The van der Waals surface area contributed by atoms with Crippen molar-refractivity contribution in [3.63, 3.8) is 0 Å². The van der Waals surface area contributed by atoms with Crippen LogP contribution in [0.25, 0.3) is 22.1 Å². The number of nitrogens with one attached hydrogen (secondary N) is 2. The van der Waals surface area contributed by atoms with E-state index in [4.69, 9.17) is 9.15 Å². The summed E-state index contributed by atoms with van der Waals surface area (Å²) in [5, 5.41) is 20.1. The van der Waals surface area contributed by atoms with Crippen LogP contribution in [-0.2, 0) is 4.79 Å². The third kappa shape index (κ3) is 4.99. The van der Waals surface area contributed by atoms with Gasteiger partial charge in [-0.3, -0.25) is 14.9 Å². The van der Waals surface area contributed by atoms with Crippen molar-refractivity contribution in [3.05, 3.63) is 88.7 Å². The first-order chi connectivity index (χ1) is 16.0. The Labute approximate surface area is 188 Å².